The number of hydrogen-bond donors (Lipinski definition) is 1. The molecule has 0 aliphatic carbocycles. The number of thiophene rings is 1. The second-order valence-electron chi connectivity index (χ2n) is 3.43. The van der Waals surface area contributed by atoms with Crippen LogP contribution >= 0.6 is 11.3 Å². The zero-order valence-corrected chi connectivity index (χ0v) is 10.5. The van der Waals surface area contributed by atoms with E-state index < -0.39 is 10.0 Å². The second-order valence-corrected chi connectivity index (χ2v) is 6.50. The van der Waals surface area contributed by atoms with Crippen LogP contribution in [0.15, 0.2) is 21.7 Å². The highest BCUT2D eigenvalue weighted by Gasteiger charge is 2.26. The number of hydrogen-bond acceptors (Lipinski definition) is 4. The minimum atomic E-state index is -3.35. The van der Waals surface area contributed by atoms with Gasteiger partial charge in [-0.1, -0.05) is 6.07 Å². The molecule has 0 aliphatic heterocycles. The molecule has 4 nitrogen and oxygen atoms in total. The first-order valence-electron chi connectivity index (χ1n) is 4.75. The van der Waals surface area contributed by atoms with Crippen LogP contribution in [0, 0.1) is 0 Å². The van der Waals surface area contributed by atoms with E-state index in [0.29, 0.717) is 17.3 Å². The van der Waals surface area contributed by atoms with Crippen molar-refractivity contribution in [3.63, 3.8) is 0 Å². The molecule has 15 heavy (non-hydrogen) atoms. The quantitative estimate of drug-likeness (QED) is 0.849. The summed E-state index contributed by atoms with van der Waals surface area (Å²) in [6.45, 7) is 4.39. The first-order chi connectivity index (χ1) is 7.00. The Morgan fingerprint density at radius 1 is 1.53 bits per heavy atom. The third kappa shape index (κ3) is 2.78. The fraction of sp³-hybridized carbons (Fsp3) is 0.556. The van der Waals surface area contributed by atoms with Crippen molar-refractivity contribution < 1.29 is 8.42 Å². The molecule has 2 N–H and O–H groups in total. The fourth-order valence-corrected chi connectivity index (χ4v) is 4.08. The SMILES string of the molecule is CC(C)N(CCN)S(=O)(=O)c1cccs1. The monoisotopic (exact) mass is 248 g/mol. The van der Waals surface area contributed by atoms with Gasteiger partial charge in [0.1, 0.15) is 4.21 Å². The highest BCUT2D eigenvalue weighted by atomic mass is 32.2. The first-order valence-corrected chi connectivity index (χ1v) is 7.07. The summed E-state index contributed by atoms with van der Waals surface area (Å²) in [6, 6.07) is 3.28. The predicted molar refractivity (Wildman–Crippen MR) is 62.4 cm³/mol. The van der Waals surface area contributed by atoms with E-state index in [1.165, 1.54) is 15.6 Å². The van der Waals surface area contributed by atoms with Gasteiger partial charge in [-0.05, 0) is 25.3 Å². The van der Waals surface area contributed by atoms with Gasteiger partial charge in [0.15, 0.2) is 0 Å². The van der Waals surface area contributed by atoms with Crippen molar-refractivity contribution in [1.82, 2.24) is 4.31 Å². The Morgan fingerprint density at radius 2 is 2.20 bits per heavy atom. The van der Waals surface area contributed by atoms with Crippen molar-refractivity contribution in [3.05, 3.63) is 17.5 Å². The summed E-state index contributed by atoms with van der Waals surface area (Å²) in [5.41, 5.74) is 5.41. The molecule has 0 unspecified atom stereocenters. The Morgan fingerprint density at radius 3 is 2.60 bits per heavy atom. The molecule has 0 amide bonds. The highest BCUT2D eigenvalue weighted by Crippen LogP contribution is 2.22. The molecule has 0 spiro atoms. The molecule has 0 radical (unpaired) electrons. The minimum Gasteiger partial charge on any atom is -0.329 e. The third-order valence-corrected chi connectivity index (χ3v) is 5.43. The van der Waals surface area contributed by atoms with E-state index in [2.05, 4.69) is 0 Å². The average molecular weight is 248 g/mol. The lowest BCUT2D eigenvalue weighted by Crippen LogP contribution is -2.39. The van der Waals surface area contributed by atoms with Crippen LogP contribution < -0.4 is 5.73 Å². The summed E-state index contributed by atoms with van der Waals surface area (Å²) in [6.07, 6.45) is 0. The maximum absolute atomic E-state index is 12.1. The second kappa shape index (κ2) is 5.07. The van der Waals surface area contributed by atoms with Crippen LogP contribution in [-0.2, 0) is 10.0 Å². The molecular formula is C9H16N2O2S2. The van der Waals surface area contributed by atoms with Gasteiger partial charge in [0.25, 0.3) is 10.0 Å². The van der Waals surface area contributed by atoms with E-state index in [0.717, 1.165) is 0 Å². The number of nitrogens with zero attached hydrogens (tertiary/aromatic N) is 1. The summed E-state index contributed by atoms with van der Waals surface area (Å²) < 4.78 is 26.0. The van der Waals surface area contributed by atoms with Gasteiger partial charge >= 0.3 is 0 Å². The van der Waals surface area contributed by atoms with Crippen molar-refractivity contribution in [2.24, 2.45) is 5.73 Å². The molecule has 86 valence electrons. The topological polar surface area (TPSA) is 63.4 Å². The van der Waals surface area contributed by atoms with E-state index >= 15 is 0 Å². The summed E-state index contributed by atoms with van der Waals surface area (Å²) >= 11 is 1.23. The largest absolute Gasteiger partial charge is 0.329 e. The normalized spacial score (nSPS) is 12.6. The Kier molecular flexibility index (Phi) is 4.27. The van der Waals surface area contributed by atoms with Crippen LogP contribution in [0.1, 0.15) is 13.8 Å². The molecule has 1 heterocycles. The van der Waals surface area contributed by atoms with Crippen LogP contribution in [-0.4, -0.2) is 31.9 Å². The van der Waals surface area contributed by atoms with E-state index in [4.69, 9.17) is 5.73 Å². The lowest BCUT2D eigenvalue weighted by atomic mass is 10.4. The number of sulfonamides is 1. The Labute approximate surface area is 94.8 Å². The molecule has 6 heteroatoms. The molecule has 1 rings (SSSR count). The van der Waals surface area contributed by atoms with Gasteiger partial charge in [-0.25, -0.2) is 8.42 Å². The Balaban J connectivity index is 3.02. The lowest BCUT2D eigenvalue weighted by molar-refractivity contribution is 0.362. The Bertz CT molecular complexity index is 384. The molecular weight excluding hydrogens is 232 g/mol. The molecule has 1 aromatic heterocycles. The van der Waals surface area contributed by atoms with Gasteiger partial charge < -0.3 is 5.73 Å². The summed E-state index contributed by atoms with van der Waals surface area (Å²) in [7, 11) is -3.35. The highest BCUT2D eigenvalue weighted by molar-refractivity contribution is 7.91. The van der Waals surface area contributed by atoms with Gasteiger partial charge in [0.2, 0.25) is 0 Å². The van der Waals surface area contributed by atoms with Gasteiger partial charge in [-0.3, -0.25) is 0 Å². The van der Waals surface area contributed by atoms with Crippen molar-refractivity contribution in [2.45, 2.75) is 24.1 Å². The smallest absolute Gasteiger partial charge is 0.252 e. The first kappa shape index (κ1) is 12.6. The molecule has 0 aliphatic rings. The summed E-state index contributed by atoms with van der Waals surface area (Å²) in [4.78, 5) is 0. The van der Waals surface area contributed by atoms with Crippen LogP contribution in [0.4, 0.5) is 0 Å². The standard InChI is InChI=1S/C9H16N2O2S2/c1-8(2)11(6-5-10)15(12,13)9-4-3-7-14-9/h3-4,7-8H,5-6,10H2,1-2H3. The van der Waals surface area contributed by atoms with Gasteiger partial charge in [0, 0.05) is 19.1 Å². The van der Waals surface area contributed by atoms with E-state index in [1.54, 1.807) is 17.5 Å². The number of nitrogens with two attached hydrogens (primary N) is 1. The maximum Gasteiger partial charge on any atom is 0.252 e. The fourth-order valence-electron chi connectivity index (χ4n) is 1.31. The van der Waals surface area contributed by atoms with Gasteiger partial charge in [0.05, 0.1) is 0 Å². The molecule has 0 saturated carbocycles. The summed E-state index contributed by atoms with van der Waals surface area (Å²) in [5.74, 6) is 0. The Hall–Kier alpha value is -0.430. The van der Waals surface area contributed by atoms with Crippen molar-refractivity contribution >= 4 is 21.4 Å². The zero-order chi connectivity index (χ0) is 11.5. The van der Waals surface area contributed by atoms with Gasteiger partial charge in [-0.2, -0.15) is 4.31 Å². The van der Waals surface area contributed by atoms with Crippen LogP contribution in [0.2, 0.25) is 0 Å². The molecule has 0 atom stereocenters. The summed E-state index contributed by atoms with van der Waals surface area (Å²) in [5, 5.41) is 1.76. The lowest BCUT2D eigenvalue weighted by Gasteiger charge is -2.24. The minimum absolute atomic E-state index is 0.0688. The van der Waals surface area contributed by atoms with E-state index in [9.17, 15) is 8.42 Å². The predicted octanol–water partition coefficient (Wildman–Crippen LogP) is 1.11. The zero-order valence-electron chi connectivity index (χ0n) is 8.88. The van der Waals surface area contributed by atoms with Crippen molar-refractivity contribution in [1.29, 1.82) is 0 Å². The number of rotatable bonds is 5. The van der Waals surface area contributed by atoms with Crippen LogP contribution in [0.25, 0.3) is 0 Å². The molecule has 0 fully saturated rings. The van der Waals surface area contributed by atoms with Crippen molar-refractivity contribution in [3.8, 4) is 0 Å². The molecule has 0 aromatic carbocycles. The molecule has 1 aromatic rings. The van der Waals surface area contributed by atoms with Crippen LogP contribution in [0.3, 0.4) is 0 Å². The average Bonchev–Trinajstić information content (AvgIpc) is 2.66. The van der Waals surface area contributed by atoms with Gasteiger partial charge in [-0.15, -0.1) is 11.3 Å². The van der Waals surface area contributed by atoms with Crippen LogP contribution in [0.5, 0.6) is 0 Å². The molecule has 0 bridgehead atoms. The van der Waals surface area contributed by atoms with Crippen molar-refractivity contribution in [2.75, 3.05) is 13.1 Å². The third-order valence-electron chi connectivity index (χ3n) is 1.98. The van der Waals surface area contributed by atoms with E-state index in [1.807, 2.05) is 13.8 Å². The maximum atomic E-state index is 12.1. The van der Waals surface area contributed by atoms with E-state index in [-0.39, 0.29) is 6.04 Å². The molecule has 0 saturated heterocycles.